The minimum absolute atomic E-state index is 0.191. The third-order valence-corrected chi connectivity index (χ3v) is 5.00. The number of hydrogen-bond donors (Lipinski definition) is 0. The summed E-state index contributed by atoms with van der Waals surface area (Å²) in [6.07, 6.45) is 9.97. The molecule has 0 amide bonds. The van der Waals surface area contributed by atoms with Crippen LogP contribution in [0.1, 0.15) is 38.7 Å². The van der Waals surface area contributed by atoms with Gasteiger partial charge in [-0.05, 0) is 57.4 Å². The highest BCUT2D eigenvalue weighted by atomic mass is 15.3. The Morgan fingerprint density at radius 3 is 2.82 bits per heavy atom. The SMILES string of the molecule is CN1[C@@]2(C)CC=C(c3cccnc3)[C@@]1(C)CC2. The minimum Gasteiger partial charge on any atom is -0.291 e. The van der Waals surface area contributed by atoms with E-state index in [9.17, 15) is 0 Å². The molecule has 2 heteroatoms. The van der Waals surface area contributed by atoms with Crippen LogP contribution in [-0.2, 0) is 0 Å². The monoisotopic (exact) mass is 228 g/mol. The molecule has 1 aromatic rings. The maximum Gasteiger partial charge on any atom is 0.0439 e. The lowest BCUT2D eigenvalue weighted by Crippen LogP contribution is -2.51. The number of pyridine rings is 1. The lowest BCUT2D eigenvalue weighted by Gasteiger charge is -2.46. The summed E-state index contributed by atoms with van der Waals surface area (Å²) in [5, 5.41) is 0. The quantitative estimate of drug-likeness (QED) is 0.734. The van der Waals surface area contributed by atoms with Gasteiger partial charge in [-0.2, -0.15) is 0 Å². The van der Waals surface area contributed by atoms with Gasteiger partial charge in [0.2, 0.25) is 0 Å². The fourth-order valence-electron chi connectivity index (χ4n) is 3.49. The van der Waals surface area contributed by atoms with Gasteiger partial charge in [-0.1, -0.05) is 12.1 Å². The molecule has 0 spiro atoms. The second-order valence-corrected chi connectivity index (χ2v) is 5.89. The molecule has 1 fully saturated rings. The fraction of sp³-hybridized carbons (Fsp3) is 0.533. The van der Waals surface area contributed by atoms with E-state index in [0.717, 1.165) is 6.42 Å². The van der Waals surface area contributed by atoms with Crippen LogP contribution in [0.3, 0.4) is 0 Å². The standard InChI is InChI=1S/C15H20N2/c1-14-7-6-13(12-5-4-10-16-11-12)15(2,9-8-14)17(14)3/h4-6,10-11H,7-9H2,1-3H3/t14-,15+/m0/s1. The lowest BCUT2D eigenvalue weighted by atomic mass is 9.82. The van der Waals surface area contributed by atoms with Crippen LogP contribution < -0.4 is 0 Å². The highest BCUT2D eigenvalue weighted by Gasteiger charge is 2.51. The Labute approximate surface area is 103 Å². The van der Waals surface area contributed by atoms with Gasteiger partial charge in [0.25, 0.3) is 0 Å². The number of aromatic nitrogens is 1. The zero-order valence-corrected chi connectivity index (χ0v) is 10.9. The second-order valence-electron chi connectivity index (χ2n) is 5.89. The molecule has 3 rings (SSSR count). The highest BCUT2D eigenvalue weighted by molar-refractivity contribution is 5.74. The van der Waals surface area contributed by atoms with Gasteiger partial charge in [-0.3, -0.25) is 9.88 Å². The first-order valence-electron chi connectivity index (χ1n) is 6.41. The van der Waals surface area contributed by atoms with Crippen molar-refractivity contribution in [3.63, 3.8) is 0 Å². The van der Waals surface area contributed by atoms with Crippen LogP contribution in [0.4, 0.5) is 0 Å². The molecule has 2 bridgehead atoms. The Hall–Kier alpha value is -1.15. The van der Waals surface area contributed by atoms with Crippen molar-refractivity contribution in [3.05, 3.63) is 36.2 Å². The van der Waals surface area contributed by atoms with E-state index in [4.69, 9.17) is 0 Å². The number of hydrogen-bond acceptors (Lipinski definition) is 2. The lowest BCUT2D eigenvalue weighted by molar-refractivity contribution is 0.117. The molecule has 0 aliphatic carbocycles. The summed E-state index contributed by atoms with van der Waals surface area (Å²) in [6, 6.07) is 4.21. The average molecular weight is 228 g/mol. The molecular weight excluding hydrogens is 208 g/mol. The predicted octanol–water partition coefficient (Wildman–Crippen LogP) is 3.11. The molecule has 2 nitrogen and oxygen atoms in total. The summed E-state index contributed by atoms with van der Waals surface area (Å²) in [5.74, 6) is 0. The van der Waals surface area contributed by atoms with E-state index in [-0.39, 0.29) is 5.54 Å². The molecular formula is C15H20N2. The molecule has 3 heterocycles. The molecule has 1 aromatic heterocycles. The van der Waals surface area contributed by atoms with Crippen molar-refractivity contribution in [3.8, 4) is 0 Å². The first kappa shape index (κ1) is 11.0. The molecule has 0 N–H and O–H groups in total. The fourth-order valence-corrected chi connectivity index (χ4v) is 3.49. The number of rotatable bonds is 1. The van der Waals surface area contributed by atoms with Crippen molar-refractivity contribution in [1.29, 1.82) is 0 Å². The smallest absolute Gasteiger partial charge is 0.0439 e. The Morgan fingerprint density at radius 2 is 2.12 bits per heavy atom. The van der Waals surface area contributed by atoms with E-state index in [0.29, 0.717) is 5.54 Å². The molecule has 90 valence electrons. The van der Waals surface area contributed by atoms with E-state index in [1.54, 1.807) is 0 Å². The van der Waals surface area contributed by atoms with Crippen LogP contribution in [0.25, 0.3) is 5.57 Å². The van der Waals surface area contributed by atoms with Crippen LogP contribution in [0.15, 0.2) is 30.6 Å². The maximum atomic E-state index is 4.26. The second kappa shape index (κ2) is 3.42. The Bertz CT molecular complexity index is 465. The molecule has 0 radical (unpaired) electrons. The molecule has 2 atom stereocenters. The van der Waals surface area contributed by atoms with Gasteiger partial charge in [0.15, 0.2) is 0 Å². The van der Waals surface area contributed by atoms with Crippen molar-refractivity contribution in [2.75, 3.05) is 7.05 Å². The summed E-state index contributed by atoms with van der Waals surface area (Å²) in [6.45, 7) is 4.75. The van der Waals surface area contributed by atoms with E-state index >= 15 is 0 Å². The first-order chi connectivity index (χ1) is 8.06. The Balaban J connectivity index is 2.09. The number of fused-ring (bicyclic) bond motifs is 2. The van der Waals surface area contributed by atoms with Crippen molar-refractivity contribution in [1.82, 2.24) is 9.88 Å². The zero-order chi connectivity index (χ0) is 12.1. The summed E-state index contributed by atoms with van der Waals surface area (Å²) in [4.78, 5) is 6.83. The van der Waals surface area contributed by atoms with E-state index in [1.807, 2.05) is 18.5 Å². The van der Waals surface area contributed by atoms with E-state index < -0.39 is 0 Å². The largest absolute Gasteiger partial charge is 0.291 e. The van der Waals surface area contributed by atoms with Gasteiger partial charge in [0.1, 0.15) is 0 Å². The third-order valence-electron chi connectivity index (χ3n) is 5.00. The van der Waals surface area contributed by atoms with Crippen molar-refractivity contribution >= 4 is 5.57 Å². The molecule has 0 unspecified atom stereocenters. The van der Waals surface area contributed by atoms with Gasteiger partial charge in [0.05, 0.1) is 0 Å². The third kappa shape index (κ3) is 1.40. The van der Waals surface area contributed by atoms with Gasteiger partial charge in [-0.15, -0.1) is 0 Å². The van der Waals surface area contributed by atoms with Crippen LogP contribution in [0.5, 0.6) is 0 Å². The topological polar surface area (TPSA) is 16.1 Å². The average Bonchev–Trinajstić information content (AvgIpc) is 2.50. The van der Waals surface area contributed by atoms with Crippen LogP contribution in [0, 0.1) is 0 Å². The first-order valence-corrected chi connectivity index (χ1v) is 6.41. The summed E-state index contributed by atoms with van der Waals surface area (Å²) in [5.41, 5.74) is 3.30. The summed E-state index contributed by atoms with van der Waals surface area (Å²) < 4.78 is 0. The predicted molar refractivity (Wildman–Crippen MR) is 70.6 cm³/mol. The maximum absolute atomic E-state index is 4.26. The Kier molecular flexibility index (Phi) is 2.21. The Morgan fingerprint density at radius 1 is 1.29 bits per heavy atom. The van der Waals surface area contributed by atoms with Crippen LogP contribution in [0.2, 0.25) is 0 Å². The molecule has 2 aliphatic heterocycles. The molecule has 17 heavy (non-hydrogen) atoms. The van der Waals surface area contributed by atoms with E-state index in [1.165, 1.54) is 24.0 Å². The van der Waals surface area contributed by atoms with Crippen molar-refractivity contribution < 1.29 is 0 Å². The van der Waals surface area contributed by atoms with Crippen molar-refractivity contribution in [2.45, 2.75) is 44.2 Å². The molecule has 0 aromatic carbocycles. The molecule has 2 aliphatic rings. The molecule has 1 saturated heterocycles. The van der Waals surface area contributed by atoms with E-state index in [2.05, 4.69) is 42.9 Å². The van der Waals surface area contributed by atoms with Gasteiger partial charge < -0.3 is 0 Å². The highest BCUT2D eigenvalue weighted by Crippen LogP contribution is 2.52. The van der Waals surface area contributed by atoms with Crippen molar-refractivity contribution in [2.24, 2.45) is 0 Å². The molecule has 0 saturated carbocycles. The summed E-state index contributed by atoms with van der Waals surface area (Å²) >= 11 is 0. The van der Waals surface area contributed by atoms with Crippen LogP contribution in [-0.4, -0.2) is 28.0 Å². The van der Waals surface area contributed by atoms with Crippen LogP contribution >= 0.6 is 0 Å². The van der Waals surface area contributed by atoms with Gasteiger partial charge >= 0.3 is 0 Å². The van der Waals surface area contributed by atoms with Gasteiger partial charge in [0, 0.05) is 23.5 Å². The van der Waals surface area contributed by atoms with Gasteiger partial charge in [-0.25, -0.2) is 0 Å². The minimum atomic E-state index is 0.191. The summed E-state index contributed by atoms with van der Waals surface area (Å²) in [7, 11) is 2.27. The zero-order valence-electron chi connectivity index (χ0n) is 10.9. The number of nitrogens with zero attached hydrogens (tertiary/aromatic N) is 2. The number of likely N-dealkylation sites (N-methyl/N-ethyl adjacent to an activating group) is 1. The normalized spacial score (nSPS) is 37.0.